The van der Waals surface area contributed by atoms with Crippen LogP contribution in [0.3, 0.4) is 0 Å². The first kappa shape index (κ1) is 12.0. The summed E-state index contributed by atoms with van der Waals surface area (Å²) in [6.07, 6.45) is 5.32. The molecule has 0 spiro atoms. The first-order chi connectivity index (χ1) is 8.25. The van der Waals surface area contributed by atoms with Crippen LogP contribution in [0, 0.1) is 5.92 Å². The molecule has 0 atom stereocenters. The van der Waals surface area contributed by atoms with E-state index < -0.39 is 0 Å². The van der Waals surface area contributed by atoms with E-state index in [2.05, 4.69) is 20.7 Å². The minimum absolute atomic E-state index is 0.0274. The SMILES string of the molecule is Cn1ncnc1NC(=O)CCC1CCNCC1. The van der Waals surface area contributed by atoms with Crippen LogP contribution in [-0.2, 0) is 11.8 Å². The van der Waals surface area contributed by atoms with Gasteiger partial charge in [0.25, 0.3) is 0 Å². The van der Waals surface area contributed by atoms with Gasteiger partial charge in [-0.05, 0) is 38.3 Å². The van der Waals surface area contributed by atoms with E-state index in [1.165, 1.54) is 19.2 Å². The minimum Gasteiger partial charge on any atom is -0.317 e. The average molecular weight is 237 g/mol. The van der Waals surface area contributed by atoms with Gasteiger partial charge < -0.3 is 5.32 Å². The summed E-state index contributed by atoms with van der Waals surface area (Å²) in [4.78, 5) is 15.7. The summed E-state index contributed by atoms with van der Waals surface area (Å²) < 4.78 is 1.56. The van der Waals surface area contributed by atoms with Crippen LogP contribution in [0.5, 0.6) is 0 Å². The molecule has 6 nitrogen and oxygen atoms in total. The number of piperidine rings is 1. The average Bonchev–Trinajstić information content (AvgIpc) is 2.74. The van der Waals surface area contributed by atoms with Gasteiger partial charge in [0.2, 0.25) is 11.9 Å². The third-order valence-corrected chi connectivity index (χ3v) is 3.20. The van der Waals surface area contributed by atoms with Gasteiger partial charge in [0.15, 0.2) is 0 Å². The van der Waals surface area contributed by atoms with Gasteiger partial charge in [-0.1, -0.05) is 0 Å². The molecule has 1 fully saturated rings. The molecule has 94 valence electrons. The van der Waals surface area contributed by atoms with Gasteiger partial charge in [0.1, 0.15) is 6.33 Å². The largest absolute Gasteiger partial charge is 0.317 e. The standard InChI is InChI=1S/C11H19N5O/c1-16-11(13-8-14-16)15-10(17)3-2-9-4-6-12-7-5-9/h8-9,12H,2-7H2,1H3,(H,13,14,15,17). The molecule has 0 bridgehead atoms. The van der Waals surface area contributed by atoms with Gasteiger partial charge in [-0.2, -0.15) is 10.1 Å². The van der Waals surface area contributed by atoms with Crippen molar-refractivity contribution in [2.45, 2.75) is 25.7 Å². The molecule has 0 saturated carbocycles. The lowest BCUT2D eigenvalue weighted by atomic mass is 9.93. The molecule has 17 heavy (non-hydrogen) atoms. The molecule has 6 heteroatoms. The Kier molecular flexibility index (Phi) is 4.08. The molecule has 1 aromatic rings. The van der Waals surface area contributed by atoms with E-state index >= 15 is 0 Å². The van der Waals surface area contributed by atoms with E-state index in [4.69, 9.17) is 0 Å². The van der Waals surface area contributed by atoms with Gasteiger partial charge in [0, 0.05) is 13.5 Å². The van der Waals surface area contributed by atoms with Gasteiger partial charge in [-0.25, -0.2) is 4.68 Å². The number of rotatable bonds is 4. The van der Waals surface area contributed by atoms with Crippen LogP contribution in [0.1, 0.15) is 25.7 Å². The first-order valence-electron chi connectivity index (χ1n) is 6.10. The van der Waals surface area contributed by atoms with Gasteiger partial charge in [-0.15, -0.1) is 0 Å². The second-order valence-corrected chi connectivity index (χ2v) is 4.49. The molecular formula is C11H19N5O. The Balaban J connectivity index is 1.72. The number of aromatic nitrogens is 3. The number of hydrogen-bond donors (Lipinski definition) is 2. The van der Waals surface area contributed by atoms with Crippen molar-refractivity contribution >= 4 is 11.9 Å². The lowest BCUT2D eigenvalue weighted by molar-refractivity contribution is -0.116. The van der Waals surface area contributed by atoms with Crippen molar-refractivity contribution in [3.8, 4) is 0 Å². The maximum absolute atomic E-state index is 11.7. The fourth-order valence-electron chi connectivity index (χ4n) is 2.10. The highest BCUT2D eigenvalue weighted by molar-refractivity contribution is 5.88. The van der Waals surface area contributed by atoms with Crippen molar-refractivity contribution in [1.82, 2.24) is 20.1 Å². The quantitative estimate of drug-likeness (QED) is 0.801. The Morgan fingerprint density at radius 2 is 2.35 bits per heavy atom. The Morgan fingerprint density at radius 3 is 3.00 bits per heavy atom. The van der Waals surface area contributed by atoms with Crippen molar-refractivity contribution in [2.75, 3.05) is 18.4 Å². The van der Waals surface area contributed by atoms with Crippen molar-refractivity contribution < 1.29 is 4.79 Å². The third kappa shape index (κ3) is 3.52. The van der Waals surface area contributed by atoms with E-state index in [9.17, 15) is 4.79 Å². The fourth-order valence-corrected chi connectivity index (χ4v) is 2.10. The molecule has 2 rings (SSSR count). The lowest BCUT2D eigenvalue weighted by Gasteiger charge is -2.22. The zero-order valence-corrected chi connectivity index (χ0v) is 10.1. The van der Waals surface area contributed by atoms with Gasteiger partial charge in [0.05, 0.1) is 0 Å². The summed E-state index contributed by atoms with van der Waals surface area (Å²) in [6.45, 7) is 2.16. The molecule has 0 aromatic carbocycles. The van der Waals surface area contributed by atoms with E-state index in [-0.39, 0.29) is 5.91 Å². The van der Waals surface area contributed by atoms with Crippen LogP contribution in [0.4, 0.5) is 5.95 Å². The van der Waals surface area contributed by atoms with Crippen LogP contribution in [0.25, 0.3) is 0 Å². The van der Waals surface area contributed by atoms with Crippen molar-refractivity contribution in [3.05, 3.63) is 6.33 Å². The first-order valence-corrected chi connectivity index (χ1v) is 6.10. The number of nitrogens with zero attached hydrogens (tertiary/aromatic N) is 3. The second-order valence-electron chi connectivity index (χ2n) is 4.49. The summed E-state index contributed by atoms with van der Waals surface area (Å²) in [5.74, 6) is 1.22. The summed E-state index contributed by atoms with van der Waals surface area (Å²) in [7, 11) is 1.76. The van der Waals surface area contributed by atoms with Crippen molar-refractivity contribution in [3.63, 3.8) is 0 Å². The number of amides is 1. The molecule has 0 unspecified atom stereocenters. The predicted octanol–water partition coefficient (Wildman–Crippen LogP) is 0.533. The second kappa shape index (κ2) is 5.77. The zero-order valence-electron chi connectivity index (χ0n) is 10.1. The van der Waals surface area contributed by atoms with Gasteiger partial charge in [-0.3, -0.25) is 10.1 Å². The summed E-state index contributed by atoms with van der Waals surface area (Å²) in [6, 6.07) is 0. The number of carbonyl (C=O) groups excluding carboxylic acids is 1. The van der Waals surface area contributed by atoms with Crippen LogP contribution >= 0.6 is 0 Å². The van der Waals surface area contributed by atoms with Gasteiger partial charge >= 0.3 is 0 Å². The monoisotopic (exact) mass is 237 g/mol. The number of anilines is 1. The molecule has 2 N–H and O–H groups in total. The summed E-state index contributed by atoms with van der Waals surface area (Å²) in [5.41, 5.74) is 0. The molecule has 0 radical (unpaired) electrons. The molecular weight excluding hydrogens is 218 g/mol. The number of aryl methyl sites for hydroxylation is 1. The van der Waals surface area contributed by atoms with E-state index in [1.54, 1.807) is 11.7 Å². The highest BCUT2D eigenvalue weighted by Gasteiger charge is 2.15. The van der Waals surface area contributed by atoms with Crippen molar-refractivity contribution in [1.29, 1.82) is 0 Å². The van der Waals surface area contributed by atoms with Crippen LogP contribution < -0.4 is 10.6 Å². The maximum atomic E-state index is 11.7. The number of nitrogens with one attached hydrogen (secondary N) is 2. The van der Waals surface area contributed by atoms with Crippen LogP contribution in [0.2, 0.25) is 0 Å². The third-order valence-electron chi connectivity index (χ3n) is 3.20. The molecule has 1 aliphatic heterocycles. The fraction of sp³-hybridized carbons (Fsp3) is 0.727. The molecule has 0 aliphatic carbocycles. The minimum atomic E-state index is 0.0274. The van der Waals surface area contributed by atoms with Crippen LogP contribution in [0.15, 0.2) is 6.33 Å². The topological polar surface area (TPSA) is 71.8 Å². The Hall–Kier alpha value is -1.43. The smallest absolute Gasteiger partial charge is 0.227 e. The zero-order chi connectivity index (χ0) is 12.1. The maximum Gasteiger partial charge on any atom is 0.227 e. The summed E-state index contributed by atoms with van der Waals surface area (Å²) >= 11 is 0. The van der Waals surface area contributed by atoms with Crippen LogP contribution in [-0.4, -0.2) is 33.8 Å². The summed E-state index contributed by atoms with van der Waals surface area (Å²) in [5, 5.41) is 9.99. The Labute approximate surface area is 101 Å². The molecule has 2 heterocycles. The number of hydrogen-bond acceptors (Lipinski definition) is 4. The van der Waals surface area contributed by atoms with E-state index in [1.807, 2.05) is 0 Å². The predicted molar refractivity (Wildman–Crippen MR) is 64.5 cm³/mol. The lowest BCUT2D eigenvalue weighted by Crippen LogP contribution is -2.28. The normalized spacial score (nSPS) is 17.0. The highest BCUT2D eigenvalue weighted by Crippen LogP contribution is 2.17. The Morgan fingerprint density at radius 1 is 1.59 bits per heavy atom. The number of carbonyl (C=O) groups is 1. The van der Waals surface area contributed by atoms with E-state index in [0.29, 0.717) is 18.3 Å². The molecule has 1 aliphatic rings. The molecule has 1 saturated heterocycles. The molecule has 1 amide bonds. The molecule has 1 aromatic heterocycles. The van der Waals surface area contributed by atoms with E-state index in [0.717, 1.165) is 19.5 Å². The Bertz CT molecular complexity index is 370. The van der Waals surface area contributed by atoms with Crippen molar-refractivity contribution in [2.24, 2.45) is 13.0 Å². The highest BCUT2D eigenvalue weighted by atomic mass is 16.1.